The van der Waals surface area contributed by atoms with Crippen molar-refractivity contribution in [2.24, 2.45) is 0 Å². The zero-order chi connectivity index (χ0) is 31.1. The highest BCUT2D eigenvalue weighted by Crippen LogP contribution is 2.40. The minimum absolute atomic E-state index is 0.0375. The number of urea groups is 1. The molecule has 0 saturated carbocycles. The molecule has 46 heavy (non-hydrogen) atoms. The highest BCUT2D eigenvalue weighted by molar-refractivity contribution is 5.90. The molecule has 0 bridgehead atoms. The van der Waals surface area contributed by atoms with Gasteiger partial charge in [-0.3, -0.25) is 9.78 Å². The lowest BCUT2D eigenvalue weighted by molar-refractivity contribution is -0.228. The van der Waals surface area contributed by atoms with Crippen LogP contribution in [0.1, 0.15) is 49.7 Å². The fraction of sp³-hybridized carbons (Fsp3) is 0.343. The summed E-state index contributed by atoms with van der Waals surface area (Å²) in [5, 5.41) is 15.7. The summed E-state index contributed by atoms with van der Waals surface area (Å²) < 4.78 is 14.8. The molecule has 234 valence electrons. The largest absolute Gasteiger partial charge is 0.373 e. The molecule has 11 nitrogen and oxygen atoms in total. The van der Waals surface area contributed by atoms with Gasteiger partial charge in [0.1, 0.15) is 6.10 Å². The molecule has 0 spiro atoms. The van der Waals surface area contributed by atoms with Crippen LogP contribution < -0.4 is 10.9 Å². The fourth-order valence-corrected chi connectivity index (χ4v) is 7.02. The number of benzene rings is 2. The number of aromatic nitrogens is 5. The first kappa shape index (κ1) is 28.6. The number of carbonyl (C=O) groups excluding carboxylic acids is 1. The van der Waals surface area contributed by atoms with E-state index in [-0.39, 0.29) is 17.7 Å². The van der Waals surface area contributed by atoms with Gasteiger partial charge < -0.3 is 19.7 Å². The summed E-state index contributed by atoms with van der Waals surface area (Å²) in [5.74, 6) is 0. The van der Waals surface area contributed by atoms with Gasteiger partial charge in [-0.05, 0) is 91.6 Å². The Morgan fingerprint density at radius 1 is 0.935 bits per heavy atom. The number of nitrogens with zero attached hydrogens (tertiary/aromatic N) is 5. The third kappa shape index (κ3) is 5.15. The zero-order valence-corrected chi connectivity index (χ0v) is 25.4. The minimum atomic E-state index is -0.619. The average molecular weight is 618 g/mol. The third-order valence-electron chi connectivity index (χ3n) is 9.45. The summed E-state index contributed by atoms with van der Waals surface area (Å²) in [7, 11) is 0. The van der Waals surface area contributed by atoms with Gasteiger partial charge in [-0.15, -0.1) is 0 Å². The molecule has 3 aliphatic heterocycles. The van der Waals surface area contributed by atoms with Crippen molar-refractivity contribution in [2.45, 2.75) is 63.4 Å². The lowest BCUT2D eigenvalue weighted by Gasteiger charge is -2.44. The van der Waals surface area contributed by atoms with E-state index in [0.29, 0.717) is 36.6 Å². The molecule has 2 amide bonds. The monoisotopic (exact) mass is 617 g/mol. The molecule has 3 aliphatic rings. The number of amides is 2. The third-order valence-corrected chi connectivity index (χ3v) is 9.45. The van der Waals surface area contributed by atoms with Crippen LogP contribution >= 0.6 is 0 Å². The van der Waals surface area contributed by atoms with E-state index >= 15 is 0 Å². The molecule has 6 heterocycles. The molecule has 2 unspecified atom stereocenters. The first-order chi connectivity index (χ1) is 22.6. The molecular weight excluding hydrogens is 582 g/mol. The van der Waals surface area contributed by atoms with E-state index in [1.54, 1.807) is 17.2 Å². The van der Waals surface area contributed by atoms with Gasteiger partial charge in [-0.25, -0.2) is 14.6 Å². The average Bonchev–Trinajstić information content (AvgIpc) is 3.75. The molecule has 2 fully saturated rings. The predicted octanol–water partition coefficient (Wildman–Crippen LogP) is 5.82. The number of hydrogen-bond acceptors (Lipinski definition) is 7. The summed E-state index contributed by atoms with van der Waals surface area (Å²) in [6.07, 6.45) is 11.5. The van der Waals surface area contributed by atoms with Gasteiger partial charge in [-0.2, -0.15) is 10.2 Å². The molecule has 0 aliphatic carbocycles. The molecule has 2 aromatic carbocycles. The van der Waals surface area contributed by atoms with Gasteiger partial charge in [0.05, 0.1) is 23.0 Å². The first-order valence-corrected chi connectivity index (χ1v) is 16.0. The Kier molecular flexibility index (Phi) is 7.34. The maximum atomic E-state index is 13.0. The SMILES string of the molecule is O=C(Nc1ccc(-c2cc(-c3ccc4c(cnn4C4(C5CCCCO5)CCCCO4)c3)c(=O)[nH]n2)cc1)N1Cc2ccncc2C1. The van der Waals surface area contributed by atoms with E-state index in [0.717, 1.165) is 78.3 Å². The van der Waals surface area contributed by atoms with Crippen LogP contribution in [0.3, 0.4) is 0 Å². The van der Waals surface area contributed by atoms with Crippen LogP contribution in [0, 0.1) is 0 Å². The number of pyridine rings is 1. The Balaban J connectivity index is 1.03. The second kappa shape index (κ2) is 11.8. The predicted molar refractivity (Wildman–Crippen MR) is 173 cm³/mol. The maximum absolute atomic E-state index is 13.0. The van der Waals surface area contributed by atoms with Crippen molar-refractivity contribution in [3.63, 3.8) is 0 Å². The highest BCUT2D eigenvalue weighted by Gasteiger charge is 2.46. The van der Waals surface area contributed by atoms with Crippen LogP contribution in [0.5, 0.6) is 0 Å². The van der Waals surface area contributed by atoms with Crippen molar-refractivity contribution in [1.29, 1.82) is 0 Å². The van der Waals surface area contributed by atoms with Crippen LogP contribution in [0.2, 0.25) is 0 Å². The Hall–Kier alpha value is -4.87. The number of hydrogen-bond donors (Lipinski definition) is 2. The molecule has 2 atom stereocenters. The molecule has 5 aromatic rings. The van der Waals surface area contributed by atoms with Crippen molar-refractivity contribution in [1.82, 2.24) is 29.9 Å². The number of H-pyrrole nitrogens is 1. The van der Waals surface area contributed by atoms with Gasteiger partial charge in [-0.1, -0.05) is 18.2 Å². The number of anilines is 1. The number of ether oxygens (including phenoxy) is 2. The molecular formula is C35H35N7O4. The van der Waals surface area contributed by atoms with E-state index in [4.69, 9.17) is 14.6 Å². The Bertz CT molecular complexity index is 1930. The highest BCUT2D eigenvalue weighted by atomic mass is 16.6. The standard InChI is InChI=1S/C35H35N7O4/c43-33-29(24-8-11-31-26(17-24)20-37-42(31)35(13-2-4-16-46-35)32-5-1-3-15-45-32)18-30(39-40-33)23-6-9-28(10-7-23)38-34(44)41-21-25-12-14-36-19-27(25)22-41/h6-12,14,17-20,32H,1-5,13,15-16,21-22H2,(H,38,44)(H,40,43). The number of fused-ring (bicyclic) bond motifs is 2. The molecule has 0 radical (unpaired) electrons. The van der Waals surface area contributed by atoms with Crippen LogP contribution in [-0.2, 0) is 28.3 Å². The summed E-state index contributed by atoms with van der Waals surface area (Å²) >= 11 is 0. The van der Waals surface area contributed by atoms with E-state index in [9.17, 15) is 9.59 Å². The summed E-state index contributed by atoms with van der Waals surface area (Å²) in [5.41, 5.74) is 5.64. The van der Waals surface area contributed by atoms with Crippen LogP contribution in [0.4, 0.5) is 10.5 Å². The van der Waals surface area contributed by atoms with E-state index in [1.165, 1.54) is 0 Å². The van der Waals surface area contributed by atoms with E-state index in [2.05, 4.69) is 20.5 Å². The molecule has 11 heteroatoms. The maximum Gasteiger partial charge on any atom is 0.322 e. The van der Waals surface area contributed by atoms with Gasteiger partial charge in [0.25, 0.3) is 5.56 Å². The minimum Gasteiger partial charge on any atom is -0.373 e. The van der Waals surface area contributed by atoms with Crippen molar-refractivity contribution in [3.05, 3.63) is 94.7 Å². The lowest BCUT2D eigenvalue weighted by atomic mass is 9.91. The molecule has 2 N–H and O–H groups in total. The summed E-state index contributed by atoms with van der Waals surface area (Å²) in [4.78, 5) is 31.8. The number of rotatable bonds is 5. The van der Waals surface area contributed by atoms with Gasteiger partial charge in [0.15, 0.2) is 5.72 Å². The zero-order valence-electron chi connectivity index (χ0n) is 25.4. The topological polar surface area (TPSA) is 127 Å². The first-order valence-electron chi connectivity index (χ1n) is 16.0. The fourth-order valence-electron chi connectivity index (χ4n) is 7.02. The molecule has 8 rings (SSSR count). The normalized spacial score (nSPS) is 21.3. The summed E-state index contributed by atoms with van der Waals surface area (Å²) in [6, 6.07) is 17.0. The Morgan fingerprint density at radius 3 is 2.59 bits per heavy atom. The number of carbonyl (C=O) groups is 1. The second-order valence-electron chi connectivity index (χ2n) is 12.3. The van der Waals surface area contributed by atoms with Crippen LogP contribution in [0.15, 0.2) is 78.0 Å². The van der Waals surface area contributed by atoms with E-state index in [1.807, 2.05) is 65.6 Å². The van der Waals surface area contributed by atoms with E-state index < -0.39 is 5.72 Å². The number of nitrogens with one attached hydrogen (secondary N) is 2. The smallest absolute Gasteiger partial charge is 0.322 e. The Labute approximate surface area is 265 Å². The van der Waals surface area contributed by atoms with Crippen LogP contribution in [-0.4, -0.2) is 55.2 Å². The van der Waals surface area contributed by atoms with Crippen molar-refractivity contribution in [3.8, 4) is 22.4 Å². The quantitative estimate of drug-likeness (QED) is 0.255. The van der Waals surface area contributed by atoms with Gasteiger partial charge in [0.2, 0.25) is 0 Å². The van der Waals surface area contributed by atoms with Crippen molar-refractivity contribution < 1.29 is 14.3 Å². The van der Waals surface area contributed by atoms with Gasteiger partial charge in [0, 0.05) is 55.3 Å². The van der Waals surface area contributed by atoms with Crippen molar-refractivity contribution in [2.75, 3.05) is 18.5 Å². The number of aromatic amines is 1. The second-order valence-corrected chi connectivity index (χ2v) is 12.3. The Morgan fingerprint density at radius 2 is 1.78 bits per heavy atom. The molecule has 2 saturated heterocycles. The van der Waals surface area contributed by atoms with Crippen LogP contribution in [0.25, 0.3) is 33.3 Å². The summed E-state index contributed by atoms with van der Waals surface area (Å²) in [6.45, 7) is 2.53. The van der Waals surface area contributed by atoms with Gasteiger partial charge >= 0.3 is 6.03 Å². The molecule has 3 aromatic heterocycles. The lowest BCUT2D eigenvalue weighted by Crippen LogP contribution is -2.52. The van der Waals surface area contributed by atoms with Crippen molar-refractivity contribution >= 4 is 22.6 Å².